The van der Waals surface area contributed by atoms with E-state index in [-0.39, 0.29) is 11.6 Å². The molecule has 0 N–H and O–H groups in total. The van der Waals surface area contributed by atoms with Crippen LogP contribution in [0.3, 0.4) is 0 Å². The van der Waals surface area contributed by atoms with Crippen LogP contribution in [0.15, 0.2) is 127 Å². The highest BCUT2D eigenvalue weighted by Crippen LogP contribution is 2.29. The Morgan fingerprint density at radius 1 is 0.618 bits per heavy atom. The van der Waals surface area contributed by atoms with Crippen LogP contribution in [0.5, 0.6) is 0 Å². The molecule has 4 aromatic carbocycles. The minimum absolute atomic E-state index is 0.128. The molecule has 0 radical (unpaired) electrons. The van der Waals surface area contributed by atoms with Gasteiger partial charge in [0.2, 0.25) is 5.78 Å². The van der Waals surface area contributed by atoms with Crippen molar-refractivity contribution in [2.45, 2.75) is 6.04 Å². The predicted octanol–water partition coefficient (Wildman–Crippen LogP) is 6.25. The third-order valence-electron chi connectivity index (χ3n) is 5.74. The summed E-state index contributed by atoms with van der Waals surface area (Å²) in [6, 6.07) is 38.4. The van der Waals surface area contributed by atoms with E-state index >= 15 is 0 Å². The minimum Gasteiger partial charge on any atom is -0.291 e. The number of aromatic nitrogens is 2. The Labute approximate surface area is 198 Å². The molecule has 0 fully saturated rings. The topological polar surface area (TPSA) is 52.0 Å². The summed E-state index contributed by atoms with van der Waals surface area (Å²) >= 11 is 0. The summed E-state index contributed by atoms with van der Waals surface area (Å²) in [5, 5.41) is 4.83. The van der Waals surface area contributed by atoms with Crippen LogP contribution in [0.1, 0.15) is 38.0 Å². The van der Waals surface area contributed by atoms with Crippen LogP contribution in [0.4, 0.5) is 0 Å². The molecule has 0 aliphatic rings. The number of rotatable bonds is 7. The van der Waals surface area contributed by atoms with E-state index in [1.165, 1.54) is 0 Å². The Kier molecular flexibility index (Phi) is 5.95. The zero-order valence-electron chi connectivity index (χ0n) is 18.4. The zero-order valence-corrected chi connectivity index (χ0v) is 18.4. The molecule has 0 bridgehead atoms. The molecule has 4 nitrogen and oxygen atoms in total. The number of hydrogen-bond acceptors (Lipinski definition) is 3. The molecule has 0 amide bonds. The summed E-state index contributed by atoms with van der Waals surface area (Å²) < 4.78 is 1.59. The van der Waals surface area contributed by atoms with Gasteiger partial charge >= 0.3 is 0 Å². The Hall–Kier alpha value is -4.57. The van der Waals surface area contributed by atoms with Crippen LogP contribution in [0.2, 0.25) is 0 Å². The van der Waals surface area contributed by atoms with Crippen LogP contribution in [-0.2, 0) is 0 Å². The lowest BCUT2D eigenvalue weighted by Crippen LogP contribution is -2.25. The Bertz CT molecular complexity index is 1410. The van der Waals surface area contributed by atoms with Gasteiger partial charge in [0.1, 0.15) is 11.7 Å². The summed E-state index contributed by atoms with van der Waals surface area (Å²) in [7, 11) is 0. The third kappa shape index (κ3) is 4.21. The Balaban J connectivity index is 1.72. The molecule has 1 heterocycles. The minimum atomic E-state index is -0.788. The van der Waals surface area contributed by atoms with Crippen molar-refractivity contribution in [3.63, 3.8) is 0 Å². The predicted molar refractivity (Wildman–Crippen MR) is 133 cm³/mol. The Morgan fingerprint density at radius 3 is 1.71 bits per heavy atom. The average molecular weight is 443 g/mol. The number of ketones is 2. The van der Waals surface area contributed by atoms with E-state index in [2.05, 4.69) is 0 Å². The summed E-state index contributed by atoms with van der Waals surface area (Å²) in [6.07, 6.45) is 0. The maximum atomic E-state index is 13.8. The maximum Gasteiger partial charge on any atom is 0.211 e. The van der Waals surface area contributed by atoms with E-state index in [4.69, 9.17) is 5.10 Å². The molecular weight excluding hydrogens is 420 g/mol. The van der Waals surface area contributed by atoms with Gasteiger partial charge in [0.05, 0.1) is 5.69 Å². The first-order chi connectivity index (χ1) is 16.7. The number of nitrogens with zero attached hydrogens (tertiary/aromatic N) is 2. The number of benzene rings is 4. The smallest absolute Gasteiger partial charge is 0.211 e. The molecule has 34 heavy (non-hydrogen) atoms. The van der Waals surface area contributed by atoms with Crippen molar-refractivity contribution in [2.75, 3.05) is 0 Å². The van der Waals surface area contributed by atoms with Crippen LogP contribution < -0.4 is 0 Å². The molecule has 4 heteroatoms. The van der Waals surface area contributed by atoms with Crippen molar-refractivity contribution in [2.24, 2.45) is 0 Å². The monoisotopic (exact) mass is 442 g/mol. The van der Waals surface area contributed by atoms with Crippen molar-refractivity contribution in [1.82, 2.24) is 9.78 Å². The number of Topliss-reactive ketones (excluding diaryl/α,β-unsaturated/α-hetero) is 1. The molecule has 164 valence electrons. The molecule has 5 aromatic rings. The highest BCUT2D eigenvalue weighted by atomic mass is 16.1. The second-order valence-corrected chi connectivity index (χ2v) is 7.96. The van der Waals surface area contributed by atoms with E-state index in [0.717, 1.165) is 11.1 Å². The fourth-order valence-electron chi connectivity index (χ4n) is 4.05. The van der Waals surface area contributed by atoms with Gasteiger partial charge in [-0.25, -0.2) is 4.68 Å². The molecule has 0 saturated heterocycles. The summed E-state index contributed by atoms with van der Waals surface area (Å²) in [6.45, 7) is 0. The van der Waals surface area contributed by atoms with E-state index in [0.29, 0.717) is 22.5 Å². The van der Waals surface area contributed by atoms with Crippen molar-refractivity contribution in [3.05, 3.63) is 150 Å². The van der Waals surface area contributed by atoms with Crippen molar-refractivity contribution < 1.29 is 9.59 Å². The number of carbonyl (C=O) groups is 2. The van der Waals surface area contributed by atoms with Gasteiger partial charge in [-0.3, -0.25) is 9.59 Å². The molecule has 0 spiro atoms. The van der Waals surface area contributed by atoms with Crippen LogP contribution >= 0.6 is 0 Å². The quantitative estimate of drug-likeness (QED) is 0.280. The molecule has 0 aliphatic carbocycles. The first-order valence-electron chi connectivity index (χ1n) is 11.1. The third-order valence-corrected chi connectivity index (χ3v) is 5.74. The fraction of sp³-hybridized carbons (Fsp3) is 0.0333. The van der Waals surface area contributed by atoms with Crippen LogP contribution in [0.25, 0.3) is 11.3 Å². The van der Waals surface area contributed by atoms with E-state index in [1.807, 2.05) is 97.1 Å². The van der Waals surface area contributed by atoms with Crippen molar-refractivity contribution in [3.8, 4) is 11.3 Å². The molecule has 1 aromatic heterocycles. The van der Waals surface area contributed by atoms with Gasteiger partial charge in [-0.05, 0) is 11.6 Å². The van der Waals surface area contributed by atoms with Crippen LogP contribution in [-0.4, -0.2) is 21.3 Å². The normalized spacial score (nSPS) is 11.6. The van der Waals surface area contributed by atoms with Gasteiger partial charge in [0, 0.05) is 16.7 Å². The number of carbonyl (C=O) groups excluding carboxylic acids is 2. The van der Waals surface area contributed by atoms with Gasteiger partial charge < -0.3 is 0 Å². The van der Waals surface area contributed by atoms with Gasteiger partial charge in [-0.2, -0.15) is 5.10 Å². The zero-order chi connectivity index (χ0) is 23.3. The summed E-state index contributed by atoms with van der Waals surface area (Å²) in [5.74, 6) is -0.311. The lowest BCUT2D eigenvalue weighted by molar-refractivity contribution is 0.0934. The fourth-order valence-corrected chi connectivity index (χ4v) is 4.05. The first kappa shape index (κ1) is 21.3. The SMILES string of the molecule is O=C(c1ccccc1)c1cc(-c2ccccc2)nn1C(C(=O)c1ccccc1)c1ccccc1. The number of hydrogen-bond donors (Lipinski definition) is 0. The largest absolute Gasteiger partial charge is 0.291 e. The average Bonchev–Trinajstić information content (AvgIpc) is 3.35. The second kappa shape index (κ2) is 9.51. The standard InChI is InChI=1S/C30H22N2O2/c33-29(24-17-9-3-10-18-24)27-21-26(22-13-5-1-6-14-22)31-32(27)28(23-15-7-2-8-16-23)30(34)25-19-11-4-12-20-25/h1-21,28H. The summed E-state index contributed by atoms with van der Waals surface area (Å²) in [5.41, 5.74) is 3.75. The molecular formula is C30H22N2O2. The Morgan fingerprint density at radius 2 is 1.12 bits per heavy atom. The van der Waals surface area contributed by atoms with Crippen molar-refractivity contribution in [1.29, 1.82) is 0 Å². The van der Waals surface area contributed by atoms with Crippen molar-refractivity contribution >= 4 is 11.6 Å². The van der Waals surface area contributed by atoms with Crippen LogP contribution in [0, 0.1) is 0 Å². The molecule has 1 atom stereocenters. The summed E-state index contributed by atoms with van der Waals surface area (Å²) in [4.78, 5) is 27.5. The lowest BCUT2D eigenvalue weighted by atomic mass is 9.96. The van der Waals surface area contributed by atoms with Gasteiger partial charge in [-0.1, -0.05) is 121 Å². The molecule has 5 rings (SSSR count). The van der Waals surface area contributed by atoms with Gasteiger partial charge in [-0.15, -0.1) is 0 Å². The van der Waals surface area contributed by atoms with E-state index in [9.17, 15) is 9.59 Å². The highest BCUT2D eigenvalue weighted by Gasteiger charge is 2.30. The lowest BCUT2D eigenvalue weighted by Gasteiger charge is -2.19. The van der Waals surface area contributed by atoms with Gasteiger partial charge in [0.15, 0.2) is 5.78 Å². The first-order valence-corrected chi connectivity index (χ1v) is 11.1. The molecule has 1 unspecified atom stereocenters. The van der Waals surface area contributed by atoms with E-state index in [1.54, 1.807) is 35.0 Å². The molecule has 0 aliphatic heterocycles. The second-order valence-electron chi connectivity index (χ2n) is 7.96. The van der Waals surface area contributed by atoms with Gasteiger partial charge in [0.25, 0.3) is 0 Å². The molecule has 0 saturated carbocycles. The maximum absolute atomic E-state index is 13.8. The highest BCUT2D eigenvalue weighted by molar-refractivity contribution is 6.09. The van der Waals surface area contributed by atoms with E-state index < -0.39 is 6.04 Å².